The Labute approximate surface area is 119 Å². The molecule has 1 fully saturated rings. The van der Waals surface area contributed by atoms with Crippen LogP contribution in [0, 0.1) is 13.8 Å². The maximum absolute atomic E-state index is 12.6. The van der Waals surface area contributed by atoms with E-state index in [0.717, 1.165) is 25.9 Å². The van der Waals surface area contributed by atoms with Crippen LogP contribution in [0.15, 0.2) is 0 Å². The molecule has 1 N–H and O–H groups in total. The van der Waals surface area contributed by atoms with Gasteiger partial charge in [-0.3, -0.25) is 9.69 Å². The van der Waals surface area contributed by atoms with Crippen LogP contribution in [0.25, 0.3) is 0 Å². The predicted molar refractivity (Wildman–Crippen MR) is 76.2 cm³/mol. The summed E-state index contributed by atoms with van der Waals surface area (Å²) >= 11 is 0. The molecule has 0 aromatic carbocycles. The van der Waals surface area contributed by atoms with Crippen LogP contribution < -0.4 is 0 Å². The van der Waals surface area contributed by atoms with Crippen LogP contribution in [0.3, 0.4) is 0 Å². The highest BCUT2D eigenvalue weighted by molar-refractivity contribution is 6.03. The molecule has 2 heterocycles. The Morgan fingerprint density at radius 2 is 1.85 bits per heavy atom. The molecule has 1 aliphatic rings. The Morgan fingerprint density at radius 1 is 1.25 bits per heavy atom. The zero-order valence-corrected chi connectivity index (χ0v) is 12.6. The minimum absolute atomic E-state index is 0.0441. The summed E-state index contributed by atoms with van der Waals surface area (Å²) in [4.78, 5) is 29.6. The van der Waals surface area contributed by atoms with Gasteiger partial charge in [0.2, 0.25) is 0 Å². The van der Waals surface area contributed by atoms with E-state index < -0.39 is 5.97 Å². The fraction of sp³-hybridized carbons (Fsp3) is 0.600. The zero-order chi connectivity index (χ0) is 14.9. The van der Waals surface area contributed by atoms with E-state index in [0.29, 0.717) is 22.5 Å². The van der Waals surface area contributed by atoms with Gasteiger partial charge in [-0.15, -0.1) is 0 Å². The summed E-state index contributed by atoms with van der Waals surface area (Å²) in [6.07, 6.45) is 2.29. The third-order valence-electron chi connectivity index (χ3n) is 4.14. The maximum Gasteiger partial charge on any atom is 0.339 e. The number of nitrogens with zero attached hydrogens (tertiary/aromatic N) is 1. The van der Waals surface area contributed by atoms with Gasteiger partial charge < -0.3 is 9.72 Å². The second-order valence-electron chi connectivity index (χ2n) is 5.40. The number of ether oxygens (including phenoxy) is 1. The monoisotopic (exact) mass is 278 g/mol. The SMILES string of the molecule is COC(=O)c1c(C)[nH]c(C(=O)[C@@H](C)N2CCCC2)c1C. The van der Waals surface area contributed by atoms with Gasteiger partial charge in [0.25, 0.3) is 0 Å². The van der Waals surface area contributed by atoms with E-state index >= 15 is 0 Å². The summed E-state index contributed by atoms with van der Waals surface area (Å²) < 4.78 is 4.77. The number of ketones is 1. The van der Waals surface area contributed by atoms with E-state index in [1.54, 1.807) is 13.8 Å². The van der Waals surface area contributed by atoms with Crippen LogP contribution in [-0.4, -0.2) is 47.9 Å². The lowest BCUT2D eigenvalue weighted by atomic mass is 10.0. The van der Waals surface area contributed by atoms with E-state index in [1.165, 1.54) is 7.11 Å². The number of carbonyl (C=O) groups excluding carboxylic acids is 2. The summed E-state index contributed by atoms with van der Waals surface area (Å²) in [5, 5.41) is 0. The smallest absolute Gasteiger partial charge is 0.339 e. The van der Waals surface area contributed by atoms with Gasteiger partial charge in [0.05, 0.1) is 24.4 Å². The lowest BCUT2D eigenvalue weighted by molar-refractivity contribution is 0.0599. The number of carbonyl (C=O) groups is 2. The molecule has 5 heteroatoms. The Hall–Kier alpha value is -1.62. The number of H-pyrrole nitrogens is 1. The summed E-state index contributed by atoms with van der Waals surface area (Å²) in [5.41, 5.74) is 2.38. The lowest BCUT2D eigenvalue weighted by Crippen LogP contribution is -2.37. The molecule has 0 bridgehead atoms. The fourth-order valence-corrected chi connectivity index (χ4v) is 2.91. The van der Waals surface area contributed by atoms with Crippen LogP contribution in [0.1, 0.15) is 51.9 Å². The number of methoxy groups -OCH3 is 1. The first-order valence-electron chi connectivity index (χ1n) is 7.03. The third kappa shape index (κ3) is 2.50. The highest BCUT2D eigenvalue weighted by atomic mass is 16.5. The van der Waals surface area contributed by atoms with Gasteiger partial charge in [-0.2, -0.15) is 0 Å². The van der Waals surface area contributed by atoms with Crippen molar-refractivity contribution in [2.24, 2.45) is 0 Å². The topological polar surface area (TPSA) is 62.4 Å². The van der Waals surface area contributed by atoms with Crippen LogP contribution in [-0.2, 0) is 4.74 Å². The number of hydrogen-bond acceptors (Lipinski definition) is 4. The molecular formula is C15H22N2O3. The van der Waals surface area contributed by atoms with Crippen molar-refractivity contribution < 1.29 is 14.3 Å². The fourth-order valence-electron chi connectivity index (χ4n) is 2.91. The molecule has 20 heavy (non-hydrogen) atoms. The van der Waals surface area contributed by atoms with E-state index in [9.17, 15) is 9.59 Å². The molecule has 1 aromatic rings. The quantitative estimate of drug-likeness (QED) is 0.676. The van der Waals surface area contributed by atoms with Crippen LogP contribution in [0.5, 0.6) is 0 Å². The first-order chi connectivity index (χ1) is 9.47. The van der Waals surface area contributed by atoms with Crippen LogP contribution >= 0.6 is 0 Å². The van der Waals surface area contributed by atoms with Gasteiger partial charge in [0, 0.05) is 5.69 Å². The molecule has 2 rings (SSSR count). The molecule has 1 aliphatic heterocycles. The van der Waals surface area contributed by atoms with Gasteiger partial charge in [0.1, 0.15) is 0 Å². The molecule has 0 unspecified atom stereocenters. The van der Waals surface area contributed by atoms with E-state index in [-0.39, 0.29) is 11.8 Å². The van der Waals surface area contributed by atoms with Crippen molar-refractivity contribution in [3.05, 3.63) is 22.5 Å². The second kappa shape index (κ2) is 5.79. The maximum atomic E-state index is 12.6. The largest absolute Gasteiger partial charge is 0.465 e. The number of aryl methyl sites for hydroxylation is 1. The number of aromatic nitrogens is 1. The van der Waals surface area contributed by atoms with Crippen molar-refractivity contribution in [3.8, 4) is 0 Å². The van der Waals surface area contributed by atoms with Gasteiger partial charge in [-0.25, -0.2) is 4.79 Å². The first-order valence-corrected chi connectivity index (χ1v) is 7.03. The Morgan fingerprint density at radius 3 is 2.40 bits per heavy atom. The molecule has 0 amide bonds. The normalized spacial score (nSPS) is 17.2. The Balaban J connectivity index is 2.28. The molecule has 1 saturated heterocycles. The van der Waals surface area contributed by atoms with Gasteiger partial charge in [-0.1, -0.05) is 0 Å². The molecule has 0 spiro atoms. The van der Waals surface area contributed by atoms with E-state index in [4.69, 9.17) is 4.74 Å². The molecule has 0 saturated carbocycles. The van der Waals surface area contributed by atoms with Crippen LogP contribution in [0.2, 0.25) is 0 Å². The number of rotatable bonds is 4. The van der Waals surface area contributed by atoms with Crippen molar-refractivity contribution in [1.82, 2.24) is 9.88 Å². The highest BCUT2D eigenvalue weighted by Gasteiger charge is 2.29. The molecule has 0 aliphatic carbocycles. The standard InChI is InChI=1S/C15H22N2O3/c1-9-12(15(19)20-4)10(2)16-13(9)14(18)11(3)17-7-5-6-8-17/h11,16H,5-8H2,1-4H3/t11-/m1/s1. The second-order valence-corrected chi connectivity index (χ2v) is 5.40. The number of esters is 1. The number of hydrogen-bond donors (Lipinski definition) is 1. The van der Waals surface area contributed by atoms with Crippen molar-refractivity contribution in [3.63, 3.8) is 0 Å². The van der Waals surface area contributed by atoms with Crippen molar-refractivity contribution in [2.45, 2.75) is 39.7 Å². The van der Waals surface area contributed by atoms with Crippen LogP contribution in [0.4, 0.5) is 0 Å². The molecule has 1 aromatic heterocycles. The predicted octanol–water partition coefficient (Wildman–Crippen LogP) is 2.09. The zero-order valence-electron chi connectivity index (χ0n) is 12.6. The van der Waals surface area contributed by atoms with E-state index in [2.05, 4.69) is 9.88 Å². The molecule has 110 valence electrons. The summed E-state index contributed by atoms with van der Waals surface area (Å²) in [6, 6.07) is -0.153. The average molecular weight is 278 g/mol. The number of Topliss-reactive ketones (excluding diaryl/α,β-unsaturated/α-hetero) is 1. The van der Waals surface area contributed by atoms with Gasteiger partial charge in [-0.05, 0) is 52.3 Å². The minimum Gasteiger partial charge on any atom is -0.465 e. The third-order valence-corrected chi connectivity index (χ3v) is 4.14. The first kappa shape index (κ1) is 14.8. The molecule has 1 atom stereocenters. The summed E-state index contributed by atoms with van der Waals surface area (Å²) in [7, 11) is 1.35. The summed E-state index contributed by atoms with van der Waals surface area (Å²) in [5.74, 6) is -0.355. The Bertz CT molecular complexity index is 527. The van der Waals surface area contributed by atoms with E-state index in [1.807, 2.05) is 6.92 Å². The number of likely N-dealkylation sites (tertiary alicyclic amines) is 1. The van der Waals surface area contributed by atoms with Gasteiger partial charge >= 0.3 is 5.97 Å². The van der Waals surface area contributed by atoms with Crippen molar-refractivity contribution >= 4 is 11.8 Å². The Kier molecular flexibility index (Phi) is 4.28. The van der Waals surface area contributed by atoms with Crippen molar-refractivity contribution in [1.29, 1.82) is 0 Å². The van der Waals surface area contributed by atoms with Gasteiger partial charge in [0.15, 0.2) is 5.78 Å². The average Bonchev–Trinajstić information content (AvgIpc) is 3.05. The number of aromatic amines is 1. The van der Waals surface area contributed by atoms with Crippen molar-refractivity contribution in [2.75, 3.05) is 20.2 Å². The highest BCUT2D eigenvalue weighted by Crippen LogP contribution is 2.22. The molecule has 0 radical (unpaired) electrons. The molecule has 5 nitrogen and oxygen atoms in total. The number of nitrogens with one attached hydrogen (secondary N) is 1. The lowest BCUT2D eigenvalue weighted by Gasteiger charge is -2.22. The molecular weight excluding hydrogens is 256 g/mol. The summed E-state index contributed by atoms with van der Waals surface area (Å²) in [6.45, 7) is 7.45. The minimum atomic E-state index is -0.399.